The molecule has 4 nitrogen and oxygen atoms in total. The fourth-order valence-corrected chi connectivity index (χ4v) is 2.19. The van der Waals surface area contributed by atoms with Crippen molar-refractivity contribution >= 4 is 49.4 Å². The molecule has 0 fully saturated rings. The van der Waals surface area contributed by atoms with Crippen molar-refractivity contribution in [1.29, 1.82) is 0 Å². The summed E-state index contributed by atoms with van der Waals surface area (Å²) in [7, 11) is 0. The van der Waals surface area contributed by atoms with Gasteiger partial charge >= 0.3 is 11.9 Å². The van der Waals surface area contributed by atoms with Gasteiger partial charge in [0.1, 0.15) is 0 Å². The summed E-state index contributed by atoms with van der Waals surface area (Å²) in [6, 6.07) is 7.21. The van der Waals surface area contributed by atoms with Crippen molar-refractivity contribution in [3.8, 4) is 0 Å². The molecule has 6 heteroatoms. The largest absolute Gasteiger partial charge is 0.463 e. The standard InChI is InChI=1S/C15H16Br2O4/c1-3-20-13(18)9-12(15(19)21-4-2)10-5-7-11(8-6-10)14(16)17/h5-9,14H,3-4H2,1-2H3. The van der Waals surface area contributed by atoms with E-state index in [4.69, 9.17) is 9.47 Å². The second-order valence-electron chi connectivity index (χ2n) is 3.95. The normalized spacial score (nSPS) is 11.4. The van der Waals surface area contributed by atoms with E-state index < -0.39 is 11.9 Å². The molecule has 0 aliphatic carbocycles. The molecule has 0 amide bonds. The van der Waals surface area contributed by atoms with E-state index in [1.54, 1.807) is 26.0 Å². The lowest BCUT2D eigenvalue weighted by molar-refractivity contribution is -0.139. The fraction of sp³-hybridized carbons (Fsp3) is 0.333. The number of carbonyl (C=O) groups is 2. The molecular weight excluding hydrogens is 404 g/mol. The Morgan fingerprint density at radius 2 is 1.67 bits per heavy atom. The summed E-state index contributed by atoms with van der Waals surface area (Å²) in [5.74, 6) is -1.11. The molecule has 0 aromatic heterocycles. The first-order valence-electron chi connectivity index (χ1n) is 6.43. The summed E-state index contributed by atoms with van der Waals surface area (Å²) in [5.41, 5.74) is 1.78. The number of benzene rings is 1. The van der Waals surface area contributed by atoms with Crippen LogP contribution in [0.3, 0.4) is 0 Å². The third-order valence-corrected chi connectivity index (χ3v) is 3.58. The number of carbonyl (C=O) groups excluding carboxylic acids is 2. The summed E-state index contributed by atoms with van der Waals surface area (Å²) in [6.07, 6.45) is 1.16. The number of halogens is 2. The first-order chi connectivity index (χ1) is 9.99. The molecular formula is C15H16Br2O4. The van der Waals surface area contributed by atoms with E-state index in [2.05, 4.69) is 31.9 Å². The minimum Gasteiger partial charge on any atom is -0.463 e. The van der Waals surface area contributed by atoms with Crippen molar-refractivity contribution in [3.63, 3.8) is 0 Å². The average molecular weight is 420 g/mol. The summed E-state index contributed by atoms with van der Waals surface area (Å²) in [5, 5.41) is 0. The van der Waals surface area contributed by atoms with E-state index >= 15 is 0 Å². The zero-order valence-corrected chi connectivity index (χ0v) is 14.9. The highest BCUT2D eigenvalue weighted by atomic mass is 79.9. The van der Waals surface area contributed by atoms with Gasteiger partial charge in [-0.25, -0.2) is 9.59 Å². The molecule has 0 unspecified atom stereocenters. The van der Waals surface area contributed by atoms with Gasteiger partial charge in [-0.05, 0) is 25.0 Å². The van der Waals surface area contributed by atoms with Crippen molar-refractivity contribution in [1.82, 2.24) is 0 Å². The first kappa shape index (κ1) is 17.9. The van der Waals surface area contributed by atoms with Crippen LogP contribution in [0.15, 0.2) is 30.3 Å². The number of alkyl halides is 2. The van der Waals surface area contributed by atoms with Gasteiger partial charge in [-0.3, -0.25) is 0 Å². The number of hydrogen-bond donors (Lipinski definition) is 0. The molecule has 21 heavy (non-hydrogen) atoms. The van der Waals surface area contributed by atoms with Crippen LogP contribution in [-0.4, -0.2) is 25.2 Å². The van der Waals surface area contributed by atoms with E-state index in [9.17, 15) is 9.59 Å². The quantitative estimate of drug-likeness (QED) is 0.397. The predicted octanol–water partition coefficient (Wildman–Crippen LogP) is 3.98. The van der Waals surface area contributed by atoms with Gasteiger partial charge in [-0.2, -0.15) is 0 Å². The van der Waals surface area contributed by atoms with Crippen LogP contribution < -0.4 is 0 Å². The third-order valence-electron chi connectivity index (χ3n) is 2.52. The maximum absolute atomic E-state index is 12.0. The van der Waals surface area contributed by atoms with E-state index in [1.807, 2.05) is 12.1 Å². The van der Waals surface area contributed by atoms with Gasteiger partial charge < -0.3 is 9.47 Å². The number of ether oxygens (including phenoxy) is 2. The van der Waals surface area contributed by atoms with Crippen molar-refractivity contribution in [3.05, 3.63) is 41.5 Å². The van der Waals surface area contributed by atoms with Crippen LogP contribution in [0.1, 0.15) is 28.7 Å². The molecule has 1 rings (SSSR count). The maximum Gasteiger partial charge on any atom is 0.338 e. The van der Waals surface area contributed by atoms with Crippen molar-refractivity contribution in [2.75, 3.05) is 13.2 Å². The molecule has 114 valence electrons. The minimum atomic E-state index is -0.566. The highest BCUT2D eigenvalue weighted by molar-refractivity contribution is 9.24. The summed E-state index contributed by atoms with van der Waals surface area (Å²) in [6.45, 7) is 3.90. The number of rotatable bonds is 6. The Morgan fingerprint density at radius 3 is 2.14 bits per heavy atom. The van der Waals surface area contributed by atoms with Crippen LogP contribution in [0.5, 0.6) is 0 Å². The monoisotopic (exact) mass is 418 g/mol. The Labute approximate surface area is 140 Å². The van der Waals surface area contributed by atoms with Crippen LogP contribution in [0, 0.1) is 0 Å². The smallest absolute Gasteiger partial charge is 0.338 e. The Morgan fingerprint density at radius 1 is 1.10 bits per heavy atom. The molecule has 0 aliphatic heterocycles. The molecule has 0 spiro atoms. The van der Waals surface area contributed by atoms with E-state index in [0.717, 1.165) is 11.6 Å². The Kier molecular flexibility index (Phi) is 7.67. The summed E-state index contributed by atoms with van der Waals surface area (Å²) >= 11 is 6.79. The highest BCUT2D eigenvalue weighted by Crippen LogP contribution is 2.30. The van der Waals surface area contributed by atoms with E-state index in [1.165, 1.54) is 0 Å². The number of esters is 2. The SMILES string of the molecule is CCOC(=O)C=C(C(=O)OCC)c1ccc(C(Br)Br)cc1. The zero-order valence-electron chi connectivity index (χ0n) is 11.8. The highest BCUT2D eigenvalue weighted by Gasteiger charge is 2.16. The minimum absolute atomic E-state index is 0.0270. The first-order valence-corrected chi connectivity index (χ1v) is 8.26. The van der Waals surface area contributed by atoms with Gasteiger partial charge in [-0.1, -0.05) is 56.1 Å². The summed E-state index contributed by atoms with van der Waals surface area (Å²) in [4.78, 5) is 23.6. The van der Waals surface area contributed by atoms with Gasteiger partial charge in [0.2, 0.25) is 0 Å². The predicted molar refractivity (Wildman–Crippen MR) is 88.3 cm³/mol. The van der Waals surface area contributed by atoms with Crippen molar-refractivity contribution in [2.24, 2.45) is 0 Å². The molecule has 1 aromatic carbocycles. The van der Waals surface area contributed by atoms with E-state index in [-0.39, 0.29) is 22.5 Å². The second kappa shape index (κ2) is 9.00. The molecule has 0 radical (unpaired) electrons. The van der Waals surface area contributed by atoms with Gasteiger partial charge in [0, 0.05) is 6.08 Å². The molecule has 0 saturated carbocycles. The molecule has 0 bridgehead atoms. The Hall–Kier alpha value is -1.14. The molecule has 0 aliphatic rings. The Balaban J connectivity index is 3.11. The van der Waals surface area contributed by atoms with Gasteiger partial charge in [-0.15, -0.1) is 0 Å². The van der Waals surface area contributed by atoms with Crippen LogP contribution >= 0.6 is 31.9 Å². The Bertz CT molecular complexity index is 521. The van der Waals surface area contributed by atoms with Gasteiger partial charge in [0.15, 0.2) is 0 Å². The lowest BCUT2D eigenvalue weighted by Crippen LogP contribution is -2.10. The van der Waals surface area contributed by atoms with Crippen molar-refractivity contribution in [2.45, 2.75) is 17.6 Å². The van der Waals surface area contributed by atoms with Gasteiger partial charge in [0.05, 0.1) is 22.5 Å². The molecule has 1 aromatic rings. The second-order valence-corrected chi connectivity index (χ2v) is 7.01. The van der Waals surface area contributed by atoms with Crippen LogP contribution in [0.25, 0.3) is 5.57 Å². The summed E-state index contributed by atoms with van der Waals surface area (Å²) < 4.78 is 9.85. The maximum atomic E-state index is 12.0. The lowest BCUT2D eigenvalue weighted by Gasteiger charge is -2.09. The van der Waals surface area contributed by atoms with Crippen LogP contribution in [0.2, 0.25) is 0 Å². The third kappa shape index (κ3) is 5.63. The zero-order chi connectivity index (χ0) is 15.8. The number of hydrogen-bond acceptors (Lipinski definition) is 4. The molecule has 0 saturated heterocycles. The van der Waals surface area contributed by atoms with Crippen LogP contribution in [-0.2, 0) is 19.1 Å². The molecule has 0 N–H and O–H groups in total. The average Bonchev–Trinajstić information content (AvgIpc) is 2.45. The van der Waals surface area contributed by atoms with E-state index in [0.29, 0.717) is 5.56 Å². The molecule has 0 heterocycles. The van der Waals surface area contributed by atoms with Crippen molar-refractivity contribution < 1.29 is 19.1 Å². The fourth-order valence-electron chi connectivity index (χ4n) is 1.58. The topological polar surface area (TPSA) is 52.6 Å². The van der Waals surface area contributed by atoms with Crippen LogP contribution in [0.4, 0.5) is 0 Å². The van der Waals surface area contributed by atoms with Gasteiger partial charge in [0.25, 0.3) is 0 Å². The molecule has 0 atom stereocenters. The lowest BCUT2D eigenvalue weighted by atomic mass is 10.0.